The van der Waals surface area contributed by atoms with Crippen LogP contribution in [0.2, 0.25) is 0 Å². The van der Waals surface area contributed by atoms with Gasteiger partial charge in [0.05, 0.1) is 5.69 Å². The van der Waals surface area contributed by atoms with Gasteiger partial charge in [0.1, 0.15) is 17.8 Å². The lowest BCUT2D eigenvalue weighted by Gasteiger charge is -2.10. The highest BCUT2D eigenvalue weighted by molar-refractivity contribution is 6.03. The minimum atomic E-state index is -1.60. The van der Waals surface area contributed by atoms with Gasteiger partial charge >= 0.3 is 0 Å². The van der Waals surface area contributed by atoms with Crippen LogP contribution in [0.5, 0.6) is 0 Å². The summed E-state index contributed by atoms with van der Waals surface area (Å²) in [6.07, 6.45) is 1.11. The third-order valence-corrected chi connectivity index (χ3v) is 3.68. The van der Waals surface area contributed by atoms with E-state index in [1.165, 1.54) is 6.07 Å². The van der Waals surface area contributed by atoms with Crippen molar-refractivity contribution in [2.45, 2.75) is 13.8 Å². The van der Waals surface area contributed by atoms with Gasteiger partial charge in [-0.25, -0.2) is 23.1 Å². The summed E-state index contributed by atoms with van der Waals surface area (Å²) in [4.78, 5) is 20.1. The number of anilines is 3. The molecule has 0 spiro atoms. The van der Waals surface area contributed by atoms with E-state index in [9.17, 15) is 18.0 Å². The number of rotatable bonds is 4. The zero-order chi connectivity index (χ0) is 19.6. The second-order valence-electron chi connectivity index (χ2n) is 5.97. The molecule has 0 atom stereocenters. The fourth-order valence-electron chi connectivity index (χ4n) is 2.55. The molecule has 0 unspecified atom stereocenters. The molecule has 0 aliphatic rings. The van der Waals surface area contributed by atoms with E-state index in [1.54, 1.807) is 0 Å². The number of hydrogen-bond acceptors (Lipinski definition) is 4. The van der Waals surface area contributed by atoms with E-state index in [-0.39, 0.29) is 17.2 Å². The maximum absolute atomic E-state index is 13.8. The molecule has 0 aliphatic heterocycles. The van der Waals surface area contributed by atoms with Crippen molar-refractivity contribution in [3.63, 3.8) is 0 Å². The Bertz CT molecular complexity index is 1000. The lowest BCUT2D eigenvalue weighted by atomic mass is 10.1. The van der Waals surface area contributed by atoms with Crippen LogP contribution in [0.3, 0.4) is 0 Å². The molecule has 27 heavy (non-hydrogen) atoms. The predicted octanol–water partition coefficient (Wildman–Crippen LogP) is 4.51. The summed E-state index contributed by atoms with van der Waals surface area (Å²) < 4.78 is 40.1. The summed E-state index contributed by atoms with van der Waals surface area (Å²) in [7, 11) is 0. The summed E-state index contributed by atoms with van der Waals surface area (Å²) in [6.45, 7) is 3.82. The zero-order valence-corrected chi connectivity index (χ0v) is 14.5. The highest BCUT2D eigenvalue weighted by Crippen LogP contribution is 2.23. The molecule has 3 aromatic rings. The van der Waals surface area contributed by atoms with E-state index in [4.69, 9.17) is 0 Å². The highest BCUT2D eigenvalue weighted by Gasteiger charge is 2.15. The Morgan fingerprint density at radius 3 is 2.33 bits per heavy atom. The minimum absolute atomic E-state index is 0.0228. The van der Waals surface area contributed by atoms with Gasteiger partial charge in [0.2, 0.25) is 0 Å². The van der Waals surface area contributed by atoms with Gasteiger partial charge in [-0.05, 0) is 49.2 Å². The summed E-state index contributed by atoms with van der Waals surface area (Å²) in [5.41, 5.74) is 2.30. The Hall–Kier alpha value is -3.42. The summed E-state index contributed by atoms with van der Waals surface area (Å²) in [5.74, 6) is -4.71. The fourth-order valence-corrected chi connectivity index (χ4v) is 2.55. The first-order valence-electron chi connectivity index (χ1n) is 7.95. The molecule has 1 amide bonds. The maximum atomic E-state index is 13.8. The zero-order valence-electron chi connectivity index (χ0n) is 14.5. The predicted molar refractivity (Wildman–Crippen MR) is 95.5 cm³/mol. The van der Waals surface area contributed by atoms with Crippen molar-refractivity contribution in [1.82, 2.24) is 9.97 Å². The molecule has 0 aliphatic carbocycles. The number of nitrogens with one attached hydrogen (secondary N) is 2. The first-order chi connectivity index (χ1) is 12.8. The molecule has 1 aromatic heterocycles. The Balaban J connectivity index is 1.81. The molecular formula is C19H15F3N4O. The number of carbonyl (C=O) groups excluding carboxylic acids is 1. The van der Waals surface area contributed by atoms with Crippen molar-refractivity contribution < 1.29 is 18.0 Å². The normalized spacial score (nSPS) is 10.6. The van der Waals surface area contributed by atoms with E-state index < -0.39 is 23.4 Å². The summed E-state index contributed by atoms with van der Waals surface area (Å²) in [5, 5.41) is 5.22. The monoisotopic (exact) mass is 372 g/mol. The van der Waals surface area contributed by atoms with Gasteiger partial charge in [-0.3, -0.25) is 4.79 Å². The van der Waals surface area contributed by atoms with Crippen LogP contribution in [0.1, 0.15) is 21.6 Å². The smallest absolute Gasteiger partial charge is 0.274 e. The molecule has 0 radical (unpaired) electrons. The lowest BCUT2D eigenvalue weighted by molar-refractivity contribution is 0.102. The van der Waals surface area contributed by atoms with E-state index in [2.05, 4.69) is 20.6 Å². The number of amides is 1. The molecule has 8 heteroatoms. The average molecular weight is 372 g/mol. The second-order valence-corrected chi connectivity index (χ2v) is 5.97. The van der Waals surface area contributed by atoms with Gasteiger partial charge in [-0.1, -0.05) is 6.07 Å². The van der Waals surface area contributed by atoms with Crippen LogP contribution in [-0.4, -0.2) is 15.9 Å². The lowest BCUT2D eigenvalue weighted by Crippen LogP contribution is -2.14. The van der Waals surface area contributed by atoms with Gasteiger partial charge in [0.15, 0.2) is 17.5 Å². The van der Waals surface area contributed by atoms with Crippen molar-refractivity contribution in [2.24, 2.45) is 0 Å². The topological polar surface area (TPSA) is 66.9 Å². The van der Waals surface area contributed by atoms with Crippen LogP contribution >= 0.6 is 0 Å². The molecule has 0 saturated carbocycles. The Labute approximate surface area is 153 Å². The van der Waals surface area contributed by atoms with E-state index in [0.717, 1.165) is 29.6 Å². The van der Waals surface area contributed by atoms with Gasteiger partial charge < -0.3 is 10.6 Å². The van der Waals surface area contributed by atoms with E-state index >= 15 is 0 Å². The van der Waals surface area contributed by atoms with Crippen molar-refractivity contribution in [3.05, 3.63) is 77.0 Å². The van der Waals surface area contributed by atoms with Crippen LogP contribution in [0, 0.1) is 31.3 Å². The van der Waals surface area contributed by atoms with Crippen LogP contribution in [0.15, 0.2) is 42.7 Å². The number of aryl methyl sites for hydroxylation is 2. The van der Waals surface area contributed by atoms with E-state index in [1.807, 2.05) is 32.0 Å². The van der Waals surface area contributed by atoms with Crippen LogP contribution in [-0.2, 0) is 0 Å². The van der Waals surface area contributed by atoms with Crippen molar-refractivity contribution in [2.75, 3.05) is 10.6 Å². The molecule has 1 heterocycles. The first-order valence-corrected chi connectivity index (χ1v) is 7.95. The molecule has 0 saturated heterocycles. The molecule has 2 N–H and O–H groups in total. The van der Waals surface area contributed by atoms with Crippen LogP contribution in [0.25, 0.3) is 0 Å². The van der Waals surface area contributed by atoms with Crippen LogP contribution < -0.4 is 10.6 Å². The standard InChI is InChI=1S/C19H15F3N4O/c1-10-5-11(2)7-12(6-10)25-19(27)15-8-16(24-9-23-15)26-14-4-3-13(20)17(21)18(14)22/h3-9H,1-2H3,(H,25,27)(H,23,24,26). The molecule has 3 rings (SSSR count). The number of aromatic nitrogens is 2. The molecule has 5 nitrogen and oxygen atoms in total. The number of nitrogens with zero attached hydrogens (tertiary/aromatic N) is 2. The SMILES string of the molecule is Cc1cc(C)cc(NC(=O)c2cc(Nc3ccc(F)c(F)c3F)ncn2)c1. The van der Waals surface area contributed by atoms with Gasteiger partial charge in [-0.2, -0.15) is 0 Å². The average Bonchev–Trinajstić information content (AvgIpc) is 2.61. The van der Waals surface area contributed by atoms with E-state index in [0.29, 0.717) is 5.69 Å². The summed E-state index contributed by atoms with van der Waals surface area (Å²) in [6, 6.07) is 8.68. The molecular weight excluding hydrogens is 357 g/mol. The third-order valence-electron chi connectivity index (χ3n) is 3.68. The maximum Gasteiger partial charge on any atom is 0.274 e. The fraction of sp³-hybridized carbons (Fsp3) is 0.105. The molecule has 2 aromatic carbocycles. The quantitative estimate of drug-likeness (QED) is 0.662. The largest absolute Gasteiger partial charge is 0.338 e. The Morgan fingerprint density at radius 1 is 0.926 bits per heavy atom. The molecule has 0 fully saturated rings. The van der Waals surface area contributed by atoms with Crippen LogP contribution in [0.4, 0.5) is 30.4 Å². The van der Waals surface area contributed by atoms with Gasteiger partial charge in [0, 0.05) is 11.8 Å². The first kappa shape index (κ1) is 18.4. The molecule has 0 bridgehead atoms. The number of benzene rings is 2. The number of carbonyl (C=O) groups is 1. The van der Waals surface area contributed by atoms with Crippen molar-refractivity contribution in [1.29, 1.82) is 0 Å². The van der Waals surface area contributed by atoms with Gasteiger partial charge in [0.25, 0.3) is 5.91 Å². The van der Waals surface area contributed by atoms with Crippen molar-refractivity contribution >= 4 is 23.1 Å². The Kier molecular flexibility index (Phi) is 5.07. The number of hydrogen-bond donors (Lipinski definition) is 2. The third kappa shape index (κ3) is 4.22. The van der Waals surface area contributed by atoms with Gasteiger partial charge in [-0.15, -0.1) is 0 Å². The second kappa shape index (κ2) is 7.45. The van der Waals surface area contributed by atoms with Crippen molar-refractivity contribution in [3.8, 4) is 0 Å². The minimum Gasteiger partial charge on any atom is -0.338 e. The Morgan fingerprint density at radius 2 is 1.63 bits per heavy atom. The number of halogens is 3. The molecule has 138 valence electrons. The summed E-state index contributed by atoms with van der Waals surface area (Å²) >= 11 is 0. The highest BCUT2D eigenvalue weighted by atomic mass is 19.2.